The Balaban J connectivity index is 3.37. The second-order valence-corrected chi connectivity index (χ2v) is 2.82. The van der Waals surface area contributed by atoms with Crippen LogP contribution in [0.3, 0.4) is 0 Å². The van der Waals surface area contributed by atoms with Crippen molar-refractivity contribution in [1.29, 1.82) is 10.5 Å². The summed E-state index contributed by atoms with van der Waals surface area (Å²) in [6, 6.07) is 7.79. The van der Waals surface area contributed by atoms with Crippen molar-refractivity contribution >= 4 is 12.6 Å². The minimum absolute atomic E-state index is 0.258. The Morgan fingerprint density at radius 1 is 1.13 bits per heavy atom. The number of benzene rings is 1. The maximum atomic E-state index is 10.7. The molecule has 72 valence electrons. The first-order valence-corrected chi connectivity index (χ1v) is 4.10. The molecule has 4 heteroatoms. The zero-order chi connectivity index (χ0) is 11.3. The van der Waals surface area contributed by atoms with Crippen LogP contribution in [0.1, 0.15) is 32.2 Å². The highest BCUT2D eigenvalue weighted by Crippen LogP contribution is 2.19. The lowest BCUT2D eigenvalue weighted by molar-refractivity contribution is 0.111. The van der Waals surface area contributed by atoms with Crippen molar-refractivity contribution < 1.29 is 9.59 Å². The number of hydrogen-bond donors (Lipinski definition) is 0. The van der Waals surface area contributed by atoms with Crippen molar-refractivity contribution in [2.24, 2.45) is 0 Å². The molecule has 0 saturated heterocycles. The molecule has 0 aliphatic rings. The van der Waals surface area contributed by atoms with Gasteiger partial charge >= 0.3 is 0 Å². The molecule has 0 aromatic heterocycles. The number of aldehydes is 2. The Morgan fingerprint density at radius 3 is 2.27 bits per heavy atom. The van der Waals surface area contributed by atoms with Gasteiger partial charge in [0.2, 0.25) is 0 Å². The normalized spacial score (nSPS) is 9.00. The van der Waals surface area contributed by atoms with E-state index in [1.165, 1.54) is 18.2 Å². The fourth-order valence-electron chi connectivity index (χ4n) is 1.19. The molecule has 0 atom stereocenters. The topological polar surface area (TPSA) is 81.7 Å². The standard InChI is InChI=1S/C11H6N2O2/c12-4-10(5-13)11-3-8(6-14)1-2-9(11)7-15/h1-3,6-7,10H. The molecule has 4 nitrogen and oxygen atoms in total. The third-order valence-corrected chi connectivity index (χ3v) is 1.94. The first-order valence-electron chi connectivity index (χ1n) is 4.10. The highest BCUT2D eigenvalue weighted by atomic mass is 16.1. The molecule has 0 aliphatic carbocycles. The lowest BCUT2D eigenvalue weighted by Crippen LogP contribution is -1.99. The van der Waals surface area contributed by atoms with Crippen LogP contribution in [0.5, 0.6) is 0 Å². The summed E-state index contributed by atoms with van der Waals surface area (Å²) in [6.07, 6.45) is 1.16. The Kier molecular flexibility index (Phi) is 3.32. The van der Waals surface area contributed by atoms with Crippen molar-refractivity contribution in [2.45, 2.75) is 5.92 Å². The van der Waals surface area contributed by atoms with Gasteiger partial charge in [-0.15, -0.1) is 0 Å². The van der Waals surface area contributed by atoms with E-state index in [-0.39, 0.29) is 11.1 Å². The summed E-state index contributed by atoms with van der Waals surface area (Å²) in [7, 11) is 0. The van der Waals surface area contributed by atoms with Crippen LogP contribution in [0.25, 0.3) is 0 Å². The highest BCUT2D eigenvalue weighted by molar-refractivity contribution is 5.82. The summed E-state index contributed by atoms with van der Waals surface area (Å²) in [6.45, 7) is 0. The molecule has 1 aromatic carbocycles. The lowest BCUT2D eigenvalue weighted by atomic mass is 9.95. The Bertz CT molecular complexity index is 466. The van der Waals surface area contributed by atoms with Crippen LogP contribution in [0.15, 0.2) is 18.2 Å². The van der Waals surface area contributed by atoms with Gasteiger partial charge in [0.05, 0.1) is 12.1 Å². The molecular formula is C11H6N2O2. The van der Waals surface area contributed by atoms with Crippen LogP contribution in [-0.2, 0) is 0 Å². The molecule has 1 rings (SSSR count). The van der Waals surface area contributed by atoms with Crippen LogP contribution >= 0.6 is 0 Å². The Hall–Kier alpha value is -2.46. The molecule has 0 fully saturated rings. The van der Waals surface area contributed by atoms with Gasteiger partial charge in [0.15, 0.2) is 5.92 Å². The maximum Gasteiger partial charge on any atom is 0.158 e. The summed E-state index contributed by atoms with van der Waals surface area (Å²) in [5.74, 6) is -1.02. The van der Waals surface area contributed by atoms with Gasteiger partial charge in [-0.2, -0.15) is 10.5 Å². The molecule has 0 radical (unpaired) electrons. The Labute approximate surface area is 86.4 Å². The molecule has 0 N–H and O–H groups in total. The van der Waals surface area contributed by atoms with Gasteiger partial charge in [0.1, 0.15) is 12.6 Å². The lowest BCUT2D eigenvalue weighted by Gasteiger charge is -2.04. The first kappa shape index (κ1) is 10.6. The molecular weight excluding hydrogens is 192 g/mol. The zero-order valence-corrected chi connectivity index (χ0v) is 7.68. The summed E-state index contributed by atoms with van der Waals surface area (Å²) < 4.78 is 0. The number of rotatable bonds is 3. The quantitative estimate of drug-likeness (QED) is 0.688. The molecule has 0 amide bonds. The summed E-state index contributed by atoms with van der Waals surface area (Å²) in [5.41, 5.74) is 0.874. The average Bonchev–Trinajstić information content (AvgIpc) is 2.30. The largest absolute Gasteiger partial charge is 0.298 e. The minimum Gasteiger partial charge on any atom is -0.298 e. The van der Waals surface area contributed by atoms with E-state index in [1.54, 1.807) is 12.1 Å². The first-order chi connectivity index (χ1) is 7.26. The van der Waals surface area contributed by atoms with E-state index in [4.69, 9.17) is 10.5 Å². The van der Waals surface area contributed by atoms with Crippen molar-refractivity contribution in [3.05, 3.63) is 34.9 Å². The van der Waals surface area contributed by atoms with E-state index in [9.17, 15) is 9.59 Å². The van der Waals surface area contributed by atoms with E-state index in [1.807, 2.05) is 0 Å². The SMILES string of the molecule is N#CC(C#N)c1cc(C=O)ccc1C=O. The van der Waals surface area contributed by atoms with Crippen LogP contribution < -0.4 is 0 Å². The third kappa shape index (κ3) is 2.07. The van der Waals surface area contributed by atoms with Gasteiger partial charge in [-0.05, 0) is 11.6 Å². The number of nitriles is 2. The predicted octanol–water partition coefficient (Wildman–Crippen LogP) is 1.44. The second kappa shape index (κ2) is 4.69. The van der Waals surface area contributed by atoms with Crippen molar-refractivity contribution in [3.8, 4) is 12.1 Å². The number of hydrogen-bond acceptors (Lipinski definition) is 4. The van der Waals surface area contributed by atoms with E-state index >= 15 is 0 Å². The van der Waals surface area contributed by atoms with Crippen molar-refractivity contribution in [2.75, 3.05) is 0 Å². The predicted molar refractivity (Wildman–Crippen MR) is 51.2 cm³/mol. The maximum absolute atomic E-state index is 10.7. The second-order valence-electron chi connectivity index (χ2n) is 2.82. The molecule has 0 spiro atoms. The third-order valence-electron chi connectivity index (χ3n) is 1.94. The van der Waals surface area contributed by atoms with Gasteiger partial charge in [0.25, 0.3) is 0 Å². The van der Waals surface area contributed by atoms with Gasteiger partial charge in [0, 0.05) is 11.1 Å². The highest BCUT2D eigenvalue weighted by Gasteiger charge is 2.14. The van der Waals surface area contributed by atoms with Gasteiger partial charge in [-0.25, -0.2) is 0 Å². The fourth-order valence-corrected chi connectivity index (χ4v) is 1.19. The van der Waals surface area contributed by atoms with Crippen molar-refractivity contribution in [3.63, 3.8) is 0 Å². The van der Waals surface area contributed by atoms with E-state index in [0.29, 0.717) is 18.1 Å². The van der Waals surface area contributed by atoms with Crippen LogP contribution in [0.4, 0.5) is 0 Å². The minimum atomic E-state index is -1.02. The number of carbonyl (C=O) groups is 2. The van der Waals surface area contributed by atoms with Gasteiger partial charge in [-0.1, -0.05) is 12.1 Å². The van der Waals surface area contributed by atoms with E-state index in [0.717, 1.165) is 0 Å². The summed E-state index contributed by atoms with van der Waals surface area (Å²) >= 11 is 0. The van der Waals surface area contributed by atoms with E-state index < -0.39 is 5.92 Å². The van der Waals surface area contributed by atoms with Crippen LogP contribution in [-0.4, -0.2) is 12.6 Å². The molecule has 0 bridgehead atoms. The molecule has 0 unspecified atom stereocenters. The van der Waals surface area contributed by atoms with Gasteiger partial charge < -0.3 is 0 Å². The van der Waals surface area contributed by atoms with Crippen LogP contribution in [0.2, 0.25) is 0 Å². The summed E-state index contributed by atoms with van der Waals surface area (Å²) in [4.78, 5) is 21.2. The Morgan fingerprint density at radius 2 is 1.80 bits per heavy atom. The molecule has 0 heterocycles. The number of carbonyl (C=O) groups excluding carboxylic acids is 2. The molecule has 0 aliphatic heterocycles. The smallest absolute Gasteiger partial charge is 0.158 e. The van der Waals surface area contributed by atoms with Crippen LogP contribution in [0, 0.1) is 22.7 Å². The van der Waals surface area contributed by atoms with E-state index in [2.05, 4.69) is 0 Å². The molecule has 15 heavy (non-hydrogen) atoms. The molecule has 1 aromatic rings. The number of nitrogens with zero attached hydrogens (tertiary/aromatic N) is 2. The summed E-state index contributed by atoms with van der Waals surface area (Å²) in [5, 5.41) is 17.4. The fraction of sp³-hybridized carbons (Fsp3) is 0.0909. The van der Waals surface area contributed by atoms with Crippen molar-refractivity contribution in [1.82, 2.24) is 0 Å². The monoisotopic (exact) mass is 198 g/mol. The zero-order valence-electron chi connectivity index (χ0n) is 7.68. The average molecular weight is 198 g/mol. The molecule has 0 saturated carbocycles. The van der Waals surface area contributed by atoms with Gasteiger partial charge in [-0.3, -0.25) is 9.59 Å².